The van der Waals surface area contributed by atoms with Gasteiger partial charge < -0.3 is 15.1 Å². The number of benzene rings is 1. The smallest absolute Gasteiger partial charge is 0.292 e. The van der Waals surface area contributed by atoms with Crippen molar-refractivity contribution in [2.45, 2.75) is 31.7 Å². The number of nitrogens with zero attached hydrogens (tertiary/aromatic N) is 3. The summed E-state index contributed by atoms with van der Waals surface area (Å²) in [6, 6.07) is 7.29. The van der Waals surface area contributed by atoms with Gasteiger partial charge in [0, 0.05) is 44.7 Å². The highest BCUT2D eigenvalue weighted by Crippen LogP contribution is 2.28. The largest absolute Gasteiger partial charge is 0.362 e. The van der Waals surface area contributed by atoms with Crippen LogP contribution in [0.25, 0.3) is 0 Å². The highest BCUT2D eigenvalue weighted by atomic mass is 35.5. The zero-order chi connectivity index (χ0) is 16.9. The highest BCUT2D eigenvalue weighted by Gasteiger charge is 2.26. The summed E-state index contributed by atoms with van der Waals surface area (Å²) in [5, 5.41) is 14.6. The van der Waals surface area contributed by atoms with E-state index in [9.17, 15) is 14.9 Å². The molecule has 0 aliphatic carbocycles. The number of hydrogen-bond donors (Lipinski definition) is 1. The minimum Gasteiger partial charge on any atom is -0.362 e. The van der Waals surface area contributed by atoms with Crippen LogP contribution in [0.1, 0.15) is 25.7 Å². The minimum absolute atomic E-state index is 0. The zero-order valence-electron chi connectivity index (χ0n) is 14.2. The summed E-state index contributed by atoms with van der Waals surface area (Å²) in [4.78, 5) is 27.0. The third kappa shape index (κ3) is 4.83. The molecule has 3 rings (SSSR count). The average molecular weight is 369 g/mol. The van der Waals surface area contributed by atoms with E-state index < -0.39 is 0 Å². The number of nitro groups is 1. The average Bonchev–Trinajstić information content (AvgIpc) is 3.13. The number of hydrogen-bond acceptors (Lipinski definition) is 5. The molecule has 1 N–H and O–H groups in total. The van der Waals surface area contributed by atoms with Gasteiger partial charge in [-0.3, -0.25) is 14.9 Å². The molecule has 25 heavy (non-hydrogen) atoms. The second kappa shape index (κ2) is 9.01. The Kier molecular flexibility index (Phi) is 7.01. The molecular weight excluding hydrogens is 344 g/mol. The molecular formula is C17H25ClN4O3. The summed E-state index contributed by atoms with van der Waals surface area (Å²) >= 11 is 0. The van der Waals surface area contributed by atoms with Crippen LogP contribution in [0.4, 0.5) is 11.4 Å². The summed E-state index contributed by atoms with van der Waals surface area (Å²) in [5.74, 6) is 0.200. The van der Waals surface area contributed by atoms with Crippen LogP contribution in [0, 0.1) is 10.1 Å². The highest BCUT2D eigenvalue weighted by molar-refractivity contribution is 5.85. The first-order valence-corrected chi connectivity index (χ1v) is 8.64. The Balaban J connectivity index is 0.00000225. The summed E-state index contributed by atoms with van der Waals surface area (Å²) in [6.07, 6.45) is 3.86. The van der Waals surface area contributed by atoms with Crippen LogP contribution in [0.5, 0.6) is 0 Å². The number of piperazine rings is 1. The Morgan fingerprint density at radius 2 is 1.96 bits per heavy atom. The predicted octanol–water partition coefficient (Wildman–Crippen LogP) is 2.20. The van der Waals surface area contributed by atoms with Crippen LogP contribution >= 0.6 is 12.4 Å². The summed E-state index contributed by atoms with van der Waals surface area (Å²) < 4.78 is 0. The number of rotatable bonds is 5. The predicted molar refractivity (Wildman–Crippen MR) is 99.4 cm³/mol. The number of halogens is 1. The van der Waals surface area contributed by atoms with Crippen molar-refractivity contribution in [1.29, 1.82) is 0 Å². The second-order valence-electron chi connectivity index (χ2n) is 6.45. The summed E-state index contributed by atoms with van der Waals surface area (Å²) in [7, 11) is 0. The maximum absolute atomic E-state index is 12.3. The molecule has 2 aliphatic rings. The molecule has 0 aromatic heterocycles. The lowest BCUT2D eigenvalue weighted by Gasteiger charge is -2.36. The molecule has 8 heteroatoms. The molecule has 0 radical (unpaired) electrons. The first-order chi connectivity index (χ1) is 11.6. The molecule has 1 aromatic rings. The molecule has 1 atom stereocenters. The lowest BCUT2D eigenvalue weighted by Crippen LogP contribution is -2.49. The van der Waals surface area contributed by atoms with E-state index in [2.05, 4.69) is 5.32 Å². The Morgan fingerprint density at radius 1 is 1.24 bits per heavy atom. The quantitative estimate of drug-likeness (QED) is 0.636. The molecule has 7 nitrogen and oxygen atoms in total. The number of para-hydroxylation sites is 2. The van der Waals surface area contributed by atoms with E-state index in [1.165, 1.54) is 18.9 Å². The number of carbonyl (C=O) groups excluding carboxylic acids is 1. The van der Waals surface area contributed by atoms with Crippen LogP contribution in [0.3, 0.4) is 0 Å². The number of nitrogens with one attached hydrogen (secondary N) is 1. The van der Waals surface area contributed by atoms with Crippen LogP contribution in [-0.4, -0.2) is 54.5 Å². The monoisotopic (exact) mass is 368 g/mol. The van der Waals surface area contributed by atoms with Gasteiger partial charge in [-0.1, -0.05) is 12.1 Å². The SMILES string of the molecule is Cl.O=C(CCC1CCCN1)N1CCN(c2ccccc2[N+](=O)[O-])CC1. The van der Waals surface area contributed by atoms with Gasteiger partial charge in [0.25, 0.3) is 5.69 Å². The van der Waals surface area contributed by atoms with E-state index in [4.69, 9.17) is 0 Å². The van der Waals surface area contributed by atoms with Crippen molar-refractivity contribution in [1.82, 2.24) is 10.2 Å². The number of amides is 1. The van der Waals surface area contributed by atoms with Gasteiger partial charge in [-0.25, -0.2) is 0 Å². The van der Waals surface area contributed by atoms with Crippen LogP contribution in [0.15, 0.2) is 24.3 Å². The van der Waals surface area contributed by atoms with Crippen LogP contribution in [-0.2, 0) is 4.79 Å². The van der Waals surface area contributed by atoms with Gasteiger partial charge in [0.1, 0.15) is 5.69 Å². The molecule has 2 aliphatic heterocycles. The fourth-order valence-electron chi connectivity index (χ4n) is 3.54. The fraction of sp³-hybridized carbons (Fsp3) is 0.588. The fourth-order valence-corrected chi connectivity index (χ4v) is 3.54. The number of carbonyl (C=O) groups is 1. The number of anilines is 1. The van der Waals surface area contributed by atoms with E-state index in [0.717, 1.165) is 13.0 Å². The van der Waals surface area contributed by atoms with E-state index in [1.54, 1.807) is 12.1 Å². The van der Waals surface area contributed by atoms with Crippen molar-refractivity contribution in [2.75, 3.05) is 37.6 Å². The first kappa shape index (κ1) is 19.5. The Hall–Kier alpha value is -1.86. The van der Waals surface area contributed by atoms with Gasteiger partial charge in [-0.05, 0) is 31.9 Å². The third-order valence-electron chi connectivity index (χ3n) is 4.92. The van der Waals surface area contributed by atoms with Crippen molar-refractivity contribution in [3.05, 3.63) is 34.4 Å². The van der Waals surface area contributed by atoms with E-state index in [-0.39, 0.29) is 28.9 Å². The van der Waals surface area contributed by atoms with E-state index in [0.29, 0.717) is 44.3 Å². The van der Waals surface area contributed by atoms with Crippen molar-refractivity contribution in [3.8, 4) is 0 Å². The lowest BCUT2D eigenvalue weighted by atomic mass is 10.1. The third-order valence-corrected chi connectivity index (χ3v) is 4.92. The van der Waals surface area contributed by atoms with Crippen molar-refractivity contribution in [2.24, 2.45) is 0 Å². The van der Waals surface area contributed by atoms with E-state index >= 15 is 0 Å². The topological polar surface area (TPSA) is 78.7 Å². The molecule has 1 aromatic carbocycles. The van der Waals surface area contributed by atoms with Gasteiger partial charge in [0.05, 0.1) is 4.92 Å². The van der Waals surface area contributed by atoms with Gasteiger partial charge in [-0.2, -0.15) is 0 Å². The Labute approximate surface area is 153 Å². The molecule has 138 valence electrons. The Bertz CT molecular complexity index is 599. The molecule has 2 heterocycles. The standard InChI is InChI=1S/C17H24N4O3.ClH/c22-17(8-7-14-4-3-9-18-14)20-12-10-19(11-13-20)15-5-1-2-6-16(15)21(23)24;/h1-2,5-6,14,18H,3-4,7-13H2;1H. The summed E-state index contributed by atoms with van der Waals surface area (Å²) in [6.45, 7) is 3.59. The van der Waals surface area contributed by atoms with Crippen molar-refractivity contribution in [3.63, 3.8) is 0 Å². The molecule has 0 bridgehead atoms. The molecule has 0 saturated carbocycles. The van der Waals surface area contributed by atoms with Crippen LogP contribution < -0.4 is 10.2 Å². The molecule has 1 unspecified atom stereocenters. The molecule has 0 spiro atoms. The molecule has 2 fully saturated rings. The van der Waals surface area contributed by atoms with Crippen molar-refractivity contribution >= 4 is 29.7 Å². The maximum atomic E-state index is 12.3. The van der Waals surface area contributed by atoms with Gasteiger partial charge in [0.15, 0.2) is 0 Å². The second-order valence-corrected chi connectivity index (χ2v) is 6.45. The maximum Gasteiger partial charge on any atom is 0.292 e. The minimum atomic E-state index is -0.346. The first-order valence-electron chi connectivity index (χ1n) is 8.64. The normalized spacial score (nSPS) is 20.2. The van der Waals surface area contributed by atoms with Gasteiger partial charge in [-0.15, -0.1) is 12.4 Å². The summed E-state index contributed by atoms with van der Waals surface area (Å²) in [5.41, 5.74) is 0.773. The zero-order valence-corrected chi connectivity index (χ0v) is 15.0. The van der Waals surface area contributed by atoms with Gasteiger partial charge >= 0.3 is 0 Å². The molecule has 1 amide bonds. The lowest BCUT2D eigenvalue weighted by molar-refractivity contribution is -0.384. The Morgan fingerprint density at radius 3 is 2.60 bits per heavy atom. The van der Waals surface area contributed by atoms with Crippen molar-refractivity contribution < 1.29 is 9.72 Å². The van der Waals surface area contributed by atoms with Crippen LogP contribution in [0.2, 0.25) is 0 Å². The molecule has 2 saturated heterocycles. The van der Waals surface area contributed by atoms with E-state index in [1.807, 2.05) is 15.9 Å². The number of nitro benzene ring substituents is 1. The van der Waals surface area contributed by atoms with Gasteiger partial charge in [0.2, 0.25) is 5.91 Å².